The van der Waals surface area contributed by atoms with Gasteiger partial charge in [-0.3, -0.25) is 4.98 Å². The molecule has 0 aliphatic rings. The average molecular weight is 252 g/mol. The molecule has 1 aromatic carbocycles. The van der Waals surface area contributed by atoms with Gasteiger partial charge in [-0.15, -0.1) is 0 Å². The first-order chi connectivity index (χ1) is 8.38. The van der Waals surface area contributed by atoms with Crippen LogP contribution in [-0.2, 0) is 6.18 Å². The highest BCUT2D eigenvalue weighted by Crippen LogP contribution is 2.32. The topological polar surface area (TPSA) is 38.9 Å². The summed E-state index contributed by atoms with van der Waals surface area (Å²) >= 11 is 0. The molecular weight excluding hydrogens is 241 g/mol. The van der Waals surface area contributed by atoms with E-state index in [-0.39, 0.29) is 0 Å². The number of hydrogen-bond donors (Lipinski definition) is 1. The van der Waals surface area contributed by atoms with E-state index in [2.05, 4.69) is 4.98 Å². The quantitative estimate of drug-likeness (QED) is 0.841. The number of aromatic nitrogens is 1. The lowest BCUT2D eigenvalue weighted by molar-refractivity contribution is -0.137. The Morgan fingerprint density at radius 1 is 1.11 bits per heavy atom. The lowest BCUT2D eigenvalue weighted by Crippen LogP contribution is -2.04. The van der Waals surface area contributed by atoms with Crippen molar-refractivity contribution in [2.24, 2.45) is 0 Å². The Kier molecular flexibility index (Phi) is 2.98. The molecule has 0 spiro atoms. The Hall–Kier alpha value is -2.04. The molecule has 0 aliphatic carbocycles. The zero-order valence-corrected chi connectivity index (χ0v) is 9.62. The first-order valence-electron chi connectivity index (χ1n) is 5.27. The van der Waals surface area contributed by atoms with Gasteiger partial charge in [-0.05, 0) is 30.7 Å². The SMILES string of the molecule is Cc1cc(N)c(-c2ccc(C(F)(F)F)cc2)cn1. The maximum Gasteiger partial charge on any atom is 0.416 e. The van der Waals surface area contributed by atoms with Crippen LogP contribution >= 0.6 is 0 Å². The van der Waals surface area contributed by atoms with Gasteiger partial charge in [0.05, 0.1) is 5.56 Å². The lowest BCUT2D eigenvalue weighted by atomic mass is 10.0. The molecular formula is C13H11F3N2. The fourth-order valence-corrected chi connectivity index (χ4v) is 1.66. The summed E-state index contributed by atoms with van der Waals surface area (Å²) in [5, 5.41) is 0. The molecule has 0 fully saturated rings. The van der Waals surface area contributed by atoms with Gasteiger partial charge in [0.15, 0.2) is 0 Å². The van der Waals surface area contributed by atoms with Gasteiger partial charge >= 0.3 is 6.18 Å². The molecule has 0 radical (unpaired) electrons. The van der Waals surface area contributed by atoms with Crippen molar-refractivity contribution >= 4 is 5.69 Å². The first-order valence-corrected chi connectivity index (χ1v) is 5.27. The van der Waals surface area contributed by atoms with Crippen LogP contribution in [0.3, 0.4) is 0 Å². The molecule has 0 unspecified atom stereocenters. The molecule has 2 N–H and O–H groups in total. The Balaban J connectivity index is 2.41. The van der Waals surface area contributed by atoms with Crippen molar-refractivity contribution in [1.82, 2.24) is 4.98 Å². The van der Waals surface area contributed by atoms with Crippen molar-refractivity contribution < 1.29 is 13.2 Å². The van der Waals surface area contributed by atoms with Crippen molar-refractivity contribution in [2.75, 3.05) is 5.73 Å². The van der Waals surface area contributed by atoms with Crippen LogP contribution in [-0.4, -0.2) is 4.98 Å². The average Bonchev–Trinajstić information content (AvgIpc) is 2.28. The largest absolute Gasteiger partial charge is 0.416 e. The highest BCUT2D eigenvalue weighted by Gasteiger charge is 2.29. The minimum absolute atomic E-state index is 0.502. The van der Waals surface area contributed by atoms with Gasteiger partial charge in [-0.1, -0.05) is 12.1 Å². The van der Waals surface area contributed by atoms with Gasteiger partial charge in [0.1, 0.15) is 0 Å². The fourth-order valence-electron chi connectivity index (χ4n) is 1.66. The number of aryl methyl sites for hydroxylation is 1. The number of benzene rings is 1. The van der Waals surface area contributed by atoms with E-state index in [1.165, 1.54) is 12.1 Å². The summed E-state index contributed by atoms with van der Waals surface area (Å²) in [5.74, 6) is 0. The second-order valence-corrected chi connectivity index (χ2v) is 3.99. The predicted molar refractivity (Wildman–Crippen MR) is 63.8 cm³/mol. The third-order valence-corrected chi connectivity index (χ3v) is 2.60. The third kappa shape index (κ3) is 2.45. The summed E-state index contributed by atoms with van der Waals surface area (Å²) in [6.45, 7) is 1.80. The van der Waals surface area contributed by atoms with Crippen LogP contribution in [0.25, 0.3) is 11.1 Å². The predicted octanol–water partition coefficient (Wildman–Crippen LogP) is 3.66. The number of anilines is 1. The molecule has 5 heteroatoms. The van der Waals surface area contributed by atoms with Crippen LogP contribution in [0, 0.1) is 6.92 Å². The third-order valence-electron chi connectivity index (χ3n) is 2.60. The summed E-state index contributed by atoms with van der Waals surface area (Å²) in [6, 6.07) is 6.55. The standard InChI is InChI=1S/C13H11F3N2/c1-8-6-12(17)11(7-18-8)9-2-4-10(5-3-9)13(14,15)16/h2-7H,1H3,(H2,17,18). The maximum absolute atomic E-state index is 12.4. The van der Waals surface area contributed by atoms with Gasteiger partial charge in [0.2, 0.25) is 0 Å². The number of alkyl halides is 3. The van der Waals surface area contributed by atoms with Gasteiger partial charge < -0.3 is 5.73 Å². The molecule has 94 valence electrons. The summed E-state index contributed by atoms with van der Waals surface area (Å²) in [7, 11) is 0. The van der Waals surface area contributed by atoms with Crippen molar-refractivity contribution in [2.45, 2.75) is 13.1 Å². The van der Waals surface area contributed by atoms with Crippen molar-refractivity contribution in [3.05, 3.63) is 47.8 Å². The minimum atomic E-state index is -4.32. The molecule has 18 heavy (non-hydrogen) atoms. The van der Waals surface area contributed by atoms with E-state index in [0.29, 0.717) is 16.8 Å². The Labute approximate surface area is 102 Å². The van der Waals surface area contributed by atoms with Gasteiger partial charge in [0, 0.05) is 23.1 Å². The number of nitrogen functional groups attached to an aromatic ring is 1. The Bertz CT molecular complexity index is 559. The molecule has 0 aliphatic heterocycles. The van der Waals surface area contributed by atoms with Gasteiger partial charge in [-0.25, -0.2) is 0 Å². The number of pyridine rings is 1. The zero-order chi connectivity index (χ0) is 13.3. The molecule has 1 aromatic heterocycles. The smallest absolute Gasteiger partial charge is 0.398 e. The van der Waals surface area contributed by atoms with Crippen LogP contribution in [0.1, 0.15) is 11.3 Å². The fraction of sp³-hybridized carbons (Fsp3) is 0.154. The normalized spacial score (nSPS) is 11.6. The van der Waals surface area contributed by atoms with E-state index in [4.69, 9.17) is 5.73 Å². The number of nitrogens with two attached hydrogens (primary N) is 1. The highest BCUT2D eigenvalue weighted by atomic mass is 19.4. The molecule has 0 atom stereocenters. The molecule has 2 nitrogen and oxygen atoms in total. The zero-order valence-electron chi connectivity index (χ0n) is 9.62. The maximum atomic E-state index is 12.4. The van der Waals surface area contributed by atoms with Crippen LogP contribution in [0.15, 0.2) is 36.5 Å². The van der Waals surface area contributed by atoms with E-state index in [9.17, 15) is 13.2 Å². The van der Waals surface area contributed by atoms with E-state index < -0.39 is 11.7 Å². The Morgan fingerprint density at radius 3 is 2.22 bits per heavy atom. The second-order valence-electron chi connectivity index (χ2n) is 3.99. The van der Waals surface area contributed by atoms with Crippen LogP contribution in [0.2, 0.25) is 0 Å². The van der Waals surface area contributed by atoms with E-state index in [1.807, 2.05) is 0 Å². The summed E-state index contributed by atoms with van der Waals surface area (Å²) < 4.78 is 37.3. The summed E-state index contributed by atoms with van der Waals surface area (Å²) in [4.78, 5) is 4.09. The molecule has 0 saturated carbocycles. The number of halogens is 3. The molecule has 0 bridgehead atoms. The number of hydrogen-bond acceptors (Lipinski definition) is 2. The highest BCUT2D eigenvalue weighted by molar-refractivity contribution is 5.75. The van der Waals surface area contributed by atoms with E-state index >= 15 is 0 Å². The molecule has 1 heterocycles. The molecule has 2 aromatic rings. The van der Waals surface area contributed by atoms with Crippen molar-refractivity contribution in [3.63, 3.8) is 0 Å². The summed E-state index contributed by atoms with van der Waals surface area (Å²) in [5.41, 5.74) is 7.66. The van der Waals surface area contributed by atoms with Crippen LogP contribution in [0.4, 0.5) is 18.9 Å². The molecule has 2 rings (SSSR count). The van der Waals surface area contributed by atoms with E-state index in [1.54, 1.807) is 19.2 Å². The van der Waals surface area contributed by atoms with Crippen molar-refractivity contribution in [3.8, 4) is 11.1 Å². The minimum Gasteiger partial charge on any atom is -0.398 e. The molecule has 0 amide bonds. The van der Waals surface area contributed by atoms with Gasteiger partial charge in [-0.2, -0.15) is 13.2 Å². The van der Waals surface area contributed by atoms with E-state index in [0.717, 1.165) is 17.8 Å². The number of rotatable bonds is 1. The summed E-state index contributed by atoms with van der Waals surface area (Å²) in [6.07, 6.45) is -2.76. The molecule has 0 saturated heterocycles. The van der Waals surface area contributed by atoms with Crippen molar-refractivity contribution in [1.29, 1.82) is 0 Å². The second kappa shape index (κ2) is 4.33. The lowest BCUT2D eigenvalue weighted by Gasteiger charge is -2.09. The van der Waals surface area contributed by atoms with Gasteiger partial charge in [0.25, 0.3) is 0 Å². The van der Waals surface area contributed by atoms with Crippen LogP contribution < -0.4 is 5.73 Å². The monoisotopic (exact) mass is 252 g/mol. The Morgan fingerprint density at radius 2 is 1.72 bits per heavy atom. The number of nitrogens with zero attached hydrogens (tertiary/aromatic N) is 1. The van der Waals surface area contributed by atoms with Crippen LogP contribution in [0.5, 0.6) is 0 Å². The first kappa shape index (κ1) is 12.4.